The van der Waals surface area contributed by atoms with Gasteiger partial charge in [-0.2, -0.15) is 0 Å². The van der Waals surface area contributed by atoms with E-state index in [4.69, 9.17) is 20.9 Å². The van der Waals surface area contributed by atoms with E-state index in [0.29, 0.717) is 34.1 Å². The normalized spacial score (nSPS) is 17.3. The summed E-state index contributed by atoms with van der Waals surface area (Å²) in [6, 6.07) is 10.5. The number of aromatic nitrogens is 2. The number of nitrogens with zero attached hydrogens (tertiary/aromatic N) is 2. The number of esters is 1. The van der Waals surface area contributed by atoms with Crippen LogP contribution in [0.5, 0.6) is 0 Å². The topological polar surface area (TPSA) is 133 Å². The smallest absolute Gasteiger partial charge is 0.411 e. The van der Waals surface area contributed by atoms with Gasteiger partial charge in [-0.05, 0) is 37.1 Å². The first kappa shape index (κ1) is 28.0. The molecular weight excluding hydrogens is 538 g/mol. The lowest BCUT2D eigenvalue weighted by Gasteiger charge is -2.10. The summed E-state index contributed by atoms with van der Waals surface area (Å²) in [6.07, 6.45) is -0.281. The molecule has 0 saturated heterocycles. The SMILES string of the molecule is COC(=O)[C@H]1[C@H](C(=O)NCc2ccc(-c3onc(C)c3NC(=O)OCCc3ccccc3Cl)nc2C)C1(F)F. The largest absolute Gasteiger partial charge is 0.469 e. The summed E-state index contributed by atoms with van der Waals surface area (Å²) in [5.41, 5.74) is 2.88. The summed E-state index contributed by atoms with van der Waals surface area (Å²) >= 11 is 6.12. The average molecular weight is 563 g/mol. The molecular formula is C26H25ClF2N4O6. The second-order valence-corrected chi connectivity index (χ2v) is 9.29. The molecule has 0 bridgehead atoms. The molecule has 206 valence electrons. The van der Waals surface area contributed by atoms with Crippen LogP contribution in [0.2, 0.25) is 5.02 Å². The van der Waals surface area contributed by atoms with Crippen LogP contribution in [0.25, 0.3) is 11.5 Å². The van der Waals surface area contributed by atoms with Crippen molar-refractivity contribution < 1.29 is 37.2 Å². The van der Waals surface area contributed by atoms with E-state index in [-0.39, 0.29) is 24.6 Å². The summed E-state index contributed by atoms with van der Waals surface area (Å²) in [5.74, 6) is -8.90. The molecule has 1 saturated carbocycles. The van der Waals surface area contributed by atoms with Crippen LogP contribution < -0.4 is 10.6 Å². The van der Waals surface area contributed by atoms with E-state index in [2.05, 4.69) is 25.5 Å². The van der Waals surface area contributed by atoms with E-state index in [0.717, 1.165) is 12.7 Å². The maximum atomic E-state index is 13.9. The molecule has 10 nitrogen and oxygen atoms in total. The fraction of sp³-hybridized carbons (Fsp3) is 0.346. The van der Waals surface area contributed by atoms with Gasteiger partial charge in [-0.1, -0.05) is 41.0 Å². The minimum absolute atomic E-state index is 0.0866. The fourth-order valence-electron chi connectivity index (χ4n) is 4.05. The zero-order valence-corrected chi connectivity index (χ0v) is 22.0. The van der Waals surface area contributed by atoms with Crippen molar-refractivity contribution in [2.45, 2.75) is 32.7 Å². The molecule has 1 aromatic carbocycles. The number of carbonyl (C=O) groups is 3. The number of ether oxygens (including phenoxy) is 2. The van der Waals surface area contributed by atoms with Gasteiger partial charge in [0.05, 0.1) is 13.7 Å². The molecule has 0 spiro atoms. The van der Waals surface area contributed by atoms with Crippen molar-refractivity contribution in [2.24, 2.45) is 11.8 Å². The average Bonchev–Trinajstić information content (AvgIpc) is 3.31. The molecule has 4 rings (SSSR count). The molecule has 1 aliphatic carbocycles. The van der Waals surface area contributed by atoms with Crippen LogP contribution in [0.15, 0.2) is 40.9 Å². The van der Waals surface area contributed by atoms with Gasteiger partial charge in [-0.25, -0.2) is 18.6 Å². The Morgan fingerprint density at radius 2 is 1.82 bits per heavy atom. The van der Waals surface area contributed by atoms with E-state index in [1.807, 2.05) is 18.2 Å². The number of hydrogen-bond donors (Lipinski definition) is 2. The summed E-state index contributed by atoms with van der Waals surface area (Å²) in [4.78, 5) is 40.6. The Bertz CT molecular complexity index is 1410. The number of carbonyl (C=O) groups excluding carboxylic acids is 3. The molecule has 0 radical (unpaired) electrons. The zero-order valence-electron chi connectivity index (χ0n) is 21.2. The Hall–Kier alpha value is -4.06. The van der Waals surface area contributed by atoms with Crippen LogP contribution in [0.1, 0.15) is 22.5 Å². The first-order valence-electron chi connectivity index (χ1n) is 11.9. The fourth-order valence-corrected chi connectivity index (χ4v) is 4.28. The molecule has 2 amide bonds. The number of alkyl halides is 2. The number of nitrogens with one attached hydrogen (secondary N) is 2. The van der Waals surface area contributed by atoms with E-state index >= 15 is 0 Å². The van der Waals surface area contributed by atoms with Gasteiger partial charge in [0.2, 0.25) is 11.7 Å². The van der Waals surface area contributed by atoms with Crippen molar-refractivity contribution in [3.05, 3.63) is 63.9 Å². The number of benzene rings is 1. The number of aryl methyl sites for hydroxylation is 2. The van der Waals surface area contributed by atoms with Crippen molar-refractivity contribution >= 4 is 35.3 Å². The zero-order chi connectivity index (χ0) is 28.3. The highest BCUT2D eigenvalue weighted by Crippen LogP contribution is 2.55. The predicted octanol–water partition coefficient (Wildman–Crippen LogP) is 4.47. The molecule has 2 aromatic heterocycles. The van der Waals surface area contributed by atoms with Crippen molar-refractivity contribution in [3.8, 4) is 11.5 Å². The second kappa shape index (κ2) is 11.4. The lowest BCUT2D eigenvalue weighted by atomic mass is 10.1. The summed E-state index contributed by atoms with van der Waals surface area (Å²) in [7, 11) is 0.991. The Morgan fingerprint density at radius 1 is 1.08 bits per heavy atom. The minimum atomic E-state index is -3.45. The standard InChI is InChI=1S/C26H25ClF2N4O6/c1-13-16(12-30-23(34)19-20(24(35)37-3)26(19,28)29)8-9-18(31-13)22-21(14(2)33-39-22)32-25(36)38-11-10-15-6-4-5-7-17(15)27/h4-9,19-20H,10-12H2,1-3H3,(H,30,34)(H,32,36)/t19-,20-/m1/s1. The Balaban J connectivity index is 1.37. The van der Waals surface area contributed by atoms with E-state index < -0.39 is 35.7 Å². The lowest BCUT2D eigenvalue weighted by Crippen LogP contribution is -2.27. The van der Waals surface area contributed by atoms with Crippen molar-refractivity contribution in [2.75, 3.05) is 19.0 Å². The number of amides is 2. The number of halogens is 3. The number of anilines is 1. The van der Waals surface area contributed by atoms with Crippen LogP contribution in [-0.2, 0) is 32.0 Å². The van der Waals surface area contributed by atoms with Crippen LogP contribution >= 0.6 is 11.6 Å². The second-order valence-electron chi connectivity index (χ2n) is 8.89. The molecule has 39 heavy (non-hydrogen) atoms. The lowest BCUT2D eigenvalue weighted by molar-refractivity contribution is -0.145. The van der Waals surface area contributed by atoms with Crippen LogP contribution in [0, 0.1) is 25.7 Å². The van der Waals surface area contributed by atoms with Crippen molar-refractivity contribution in [1.82, 2.24) is 15.5 Å². The predicted molar refractivity (Wildman–Crippen MR) is 135 cm³/mol. The third-order valence-corrected chi connectivity index (χ3v) is 6.69. The highest BCUT2D eigenvalue weighted by Gasteiger charge is 2.76. The van der Waals surface area contributed by atoms with Gasteiger partial charge in [0, 0.05) is 23.7 Å². The van der Waals surface area contributed by atoms with Gasteiger partial charge in [0.25, 0.3) is 5.92 Å². The minimum Gasteiger partial charge on any atom is -0.469 e. The molecule has 1 fully saturated rings. The Morgan fingerprint density at radius 3 is 2.51 bits per heavy atom. The Kier molecular flexibility index (Phi) is 8.14. The van der Waals surface area contributed by atoms with Gasteiger partial charge in [-0.15, -0.1) is 0 Å². The first-order chi connectivity index (χ1) is 18.5. The number of rotatable bonds is 9. The molecule has 2 N–H and O–H groups in total. The van der Waals surface area contributed by atoms with Crippen LogP contribution in [0.3, 0.4) is 0 Å². The quantitative estimate of drug-likeness (QED) is 0.365. The van der Waals surface area contributed by atoms with E-state index in [1.54, 1.807) is 32.0 Å². The van der Waals surface area contributed by atoms with Gasteiger partial charge in [0.15, 0.2) is 0 Å². The summed E-state index contributed by atoms with van der Waals surface area (Å²) in [6.45, 7) is 3.31. The van der Waals surface area contributed by atoms with Crippen molar-refractivity contribution in [3.63, 3.8) is 0 Å². The van der Waals surface area contributed by atoms with Crippen molar-refractivity contribution in [1.29, 1.82) is 0 Å². The Labute approximate surface area is 227 Å². The molecule has 0 unspecified atom stereocenters. The maximum Gasteiger partial charge on any atom is 0.411 e. The van der Waals surface area contributed by atoms with E-state index in [1.165, 1.54) is 0 Å². The van der Waals surface area contributed by atoms with Crippen LogP contribution in [-0.4, -0.2) is 47.7 Å². The summed E-state index contributed by atoms with van der Waals surface area (Å²) < 4.78 is 42.7. The maximum absolute atomic E-state index is 13.9. The van der Waals surface area contributed by atoms with E-state index in [9.17, 15) is 23.2 Å². The highest BCUT2D eigenvalue weighted by atomic mass is 35.5. The monoisotopic (exact) mass is 562 g/mol. The highest BCUT2D eigenvalue weighted by molar-refractivity contribution is 6.31. The molecule has 1 aliphatic rings. The van der Waals surface area contributed by atoms with Gasteiger partial charge in [-0.3, -0.25) is 14.9 Å². The number of methoxy groups -OCH3 is 1. The molecule has 0 aliphatic heterocycles. The third kappa shape index (κ3) is 6.00. The van der Waals surface area contributed by atoms with Gasteiger partial charge < -0.3 is 19.3 Å². The molecule has 3 aromatic rings. The number of pyridine rings is 1. The van der Waals surface area contributed by atoms with Crippen LogP contribution in [0.4, 0.5) is 19.3 Å². The number of hydrogen-bond acceptors (Lipinski definition) is 8. The molecule has 2 atom stereocenters. The third-order valence-electron chi connectivity index (χ3n) is 6.32. The first-order valence-corrected chi connectivity index (χ1v) is 12.3. The van der Waals surface area contributed by atoms with Gasteiger partial charge >= 0.3 is 12.1 Å². The summed E-state index contributed by atoms with van der Waals surface area (Å²) in [5, 5.41) is 9.52. The molecule has 13 heteroatoms. The van der Waals surface area contributed by atoms with Gasteiger partial charge in [0.1, 0.15) is 28.9 Å². The molecule has 2 heterocycles.